The van der Waals surface area contributed by atoms with Crippen LogP contribution in [0.25, 0.3) is 33.1 Å². The van der Waals surface area contributed by atoms with Crippen LogP contribution in [0.15, 0.2) is 110 Å². The Morgan fingerprint density at radius 3 is 1.22 bits per heavy atom. The summed E-state index contributed by atoms with van der Waals surface area (Å²) >= 11 is 24.9. The van der Waals surface area contributed by atoms with Gasteiger partial charge in [-0.2, -0.15) is 0 Å². The molecule has 0 saturated carbocycles. The molecular formula is C64H65Cl4N9O12Zn. The summed E-state index contributed by atoms with van der Waals surface area (Å²) in [7, 11) is 0. The smallest absolute Gasteiger partial charge is 0.387 e. The molecule has 8 aliphatic heterocycles. The molecule has 90 heavy (non-hydrogen) atoms. The quantitative estimate of drug-likeness (QED) is 0.0896. The van der Waals surface area contributed by atoms with Gasteiger partial charge in [-0.15, -0.1) is 0 Å². The Morgan fingerprint density at radius 2 is 0.789 bits per heavy atom. The zero-order chi connectivity index (χ0) is 59.9. The molecule has 5 saturated heterocycles. The first-order valence-electron chi connectivity index (χ1n) is 28.6. The maximum Gasteiger partial charge on any atom is 2.00 e. The van der Waals surface area contributed by atoms with Gasteiger partial charge in [0.05, 0.1) is 36.6 Å². The van der Waals surface area contributed by atoms with Crippen LogP contribution in [0.5, 0.6) is 0 Å². The number of aliphatic hydroxyl groups excluding tert-OH is 2. The minimum Gasteiger partial charge on any atom is -0.387 e. The molecule has 14 heterocycles. The standard InChI is InChI=1S/C22H22ClN3O4.C21H19Cl2N3O4.C19H18ClN3O4.2CH3.Zn/c1-11-14-6-7-26(20(14)25-10-24-11)21-19-18(29-22(2,3)30-19)17(28-21)16-15-8-13(23)5-4-12(15)9-27-16;1-21(2)29-16-15(14-13-7-11(22)4-3-10(13)8-27-14)28-20(17(16)30-21)26-6-5-12-18(23)24-9-25-19(12)26;1-9-12-4-5-23(18(12)22-8-21-9)19-15(25)14(24)17(27-19)16-13-6-11(20)3-2-10(13)7-26-16;;;/h4-8,10,16-19,21H,9H2,1-3H3;3-7,9,14-17,20H,8H2,1-2H3;2-6,8,14-17,19,24-25H,7H2,1H3;2*1H3;/q;;;2*-1;+2/t16-,17-,18-,19-,21-;14-,15-,16-,17-,20-;14-,15+,16+,17-,19+;;;/m110.../s1. The van der Waals surface area contributed by atoms with Gasteiger partial charge in [-0.25, -0.2) is 29.9 Å². The number of fused-ring (bicyclic) bond motifs is 8. The monoisotopic (exact) mass is 1360 g/mol. The third-order valence-electron chi connectivity index (χ3n) is 17.5. The second-order valence-corrected chi connectivity index (χ2v) is 25.4. The molecule has 0 spiro atoms. The average Bonchev–Trinajstić information content (AvgIpc) is 1.60. The molecule has 0 aliphatic carbocycles. The fourth-order valence-electron chi connectivity index (χ4n) is 13.6. The van der Waals surface area contributed by atoms with Crippen molar-refractivity contribution in [2.24, 2.45) is 0 Å². The Kier molecular flexibility index (Phi) is 18.0. The number of ether oxygens (including phenoxy) is 10. The van der Waals surface area contributed by atoms with Crippen LogP contribution in [0.1, 0.15) is 109 Å². The topological polar surface area (TPSA) is 225 Å². The molecule has 2 N–H and O–H groups in total. The minimum absolute atomic E-state index is 0. The van der Waals surface area contributed by atoms with Gasteiger partial charge < -0.3 is 86.1 Å². The van der Waals surface area contributed by atoms with Crippen LogP contribution in [-0.4, -0.2) is 120 Å². The number of hydrogen-bond donors (Lipinski definition) is 2. The normalized spacial score (nSPS) is 30.3. The summed E-state index contributed by atoms with van der Waals surface area (Å²) in [5.41, 5.74) is 10.1. The van der Waals surface area contributed by atoms with E-state index in [1.165, 1.54) is 12.7 Å². The van der Waals surface area contributed by atoms with Crippen LogP contribution in [0, 0.1) is 28.7 Å². The van der Waals surface area contributed by atoms with Crippen molar-refractivity contribution >= 4 is 79.5 Å². The first-order valence-corrected chi connectivity index (χ1v) is 30.1. The zero-order valence-electron chi connectivity index (χ0n) is 50.4. The van der Waals surface area contributed by atoms with Crippen molar-refractivity contribution in [3.8, 4) is 0 Å². The largest absolute Gasteiger partial charge is 2.00 e. The maximum absolute atomic E-state index is 10.7. The van der Waals surface area contributed by atoms with Crippen LogP contribution in [0.4, 0.5) is 0 Å². The van der Waals surface area contributed by atoms with E-state index in [-0.39, 0.29) is 89.4 Å². The van der Waals surface area contributed by atoms with E-state index in [1.807, 2.05) is 136 Å². The van der Waals surface area contributed by atoms with Crippen LogP contribution >= 0.6 is 46.4 Å². The Hall–Kier alpha value is -5.18. The van der Waals surface area contributed by atoms with Crippen molar-refractivity contribution in [3.63, 3.8) is 0 Å². The minimum atomic E-state index is -1.12. The molecule has 0 amide bonds. The molecule has 17 rings (SSSR count). The molecule has 21 nitrogen and oxygen atoms in total. The number of aryl methyl sites for hydroxylation is 2. The summed E-state index contributed by atoms with van der Waals surface area (Å²) in [6, 6.07) is 23.0. The summed E-state index contributed by atoms with van der Waals surface area (Å²) < 4.78 is 68.2. The zero-order valence-corrected chi connectivity index (χ0v) is 56.4. The van der Waals surface area contributed by atoms with E-state index in [1.54, 1.807) is 17.1 Å². The summed E-state index contributed by atoms with van der Waals surface area (Å²) in [6.45, 7) is 13.0. The van der Waals surface area contributed by atoms with E-state index < -0.39 is 48.4 Å². The molecule has 0 unspecified atom stereocenters. The van der Waals surface area contributed by atoms with Crippen LogP contribution in [-0.2, 0) is 86.7 Å². The Balaban J connectivity index is 0.000000129. The Labute approximate surface area is 551 Å². The molecule has 0 radical (unpaired) electrons. The van der Waals surface area contributed by atoms with Crippen molar-refractivity contribution in [1.29, 1.82) is 0 Å². The predicted octanol–water partition coefficient (Wildman–Crippen LogP) is 11.7. The summed E-state index contributed by atoms with van der Waals surface area (Å²) in [6.07, 6.45) is 2.63. The van der Waals surface area contributed by atoms with Gasteiger partial charge in [0.25, 0.3) is 0 Å². The van der Waals surface area contributed by atoms with Gasteiger partial charge >= 0.3 is 19.5 Å². The summed E-state index contributed by atoms with van der Waals surface area (Å²) in [4.78, 5) is 25.7. The van der Waals surface area contributed by atoms with Gasteiger partial charge in [0, 0.05) is 44.4 Å². The first-order chi connectivity index (χ1) is 41.9. The number of aromatic nitrogens is 9. The number of rotatable bonds is 6. The van der Waals surface area contributed by atoms with Crippen molar-refractivity contribution in [2.75, 3.05) is 0 Å². The first kappa shape index (κ1) is 64.9. The molecule has 15 atom stereocenters. The Bertz CT molecular complexity index is 3980. The van der Waals surface area contributed by atoms with Crippen LogP contribution in [0.2, 0.25) is 20.2 Å². The average molecular weight is 1360 g/mol. The number of aliphatic hydroxyl groups is 2. The van der Waals surface area contributed by atoms with E-state index in [2.05, 4.69) is 29.9 Å². The molecule has 9 aromatic rings. The van der Waals surface area contributed by atoms with E-state index in [4.69, 9.17) is 93.8 Å². The second-order valence-electron chi connectivity index (χ2n) is 23.8. The molecule has 3 aromatic carbocycles. The number of hydrogen-bond acceptors (Lipinski definition) is 18. The fourth-order valence-corrected chi connectivity index (χ4v) is 14.3. The molecule has 26 heteroatoms. The van der Waals surface area contributed by atoms with E-state index in [9.17, 15) is 10.2 Å². The number of halogens is 4. The van der Waals surface area contributed by atoms with E-state index >= 15 is 0 Å². The summed E-state index contributed by atoms with van der Waals surface area (Å²) in [5.74, 6) is -1.44. The van der Waals surface area contributed by atoms with Gasteiger partial charge in [0.1, 0.15) is 114 Å². The summed E-state index contributed by atoms with van der Waals surface area (Å²) in [5, 5.41) is 26.3. The van der Waals surface area contributed by atoms with Gasteiger partial charge in [-0.05, 0) is 130 Å². The third-order valence-corrected chi connectivity index (χ3v) is 18.5. The van der Waals surface area contributed by atoms with E-state index in [0.717, 1.165) is 66.6 Å². The second kappa shape index (κ2) is 24.9. The SMILES string of the molecule is CC1(C)O[C@H]2[C@@H](O1)[C@H](n1ccc3c(Cl)ncnc31)O[C@@H]2[C@@H]1OCc2ccc(Cl)cc21.Cc1ncnc2c1ccn2[C@@H]1O[C@H]([C@@H]2OCc3ccc(Cl)cc32)[C@@H](O)[C@H]1O.Cc1ncnc2c1ccn2[C@@H]1O[C@H]([C@@H]2OCc3ccc(Cl)cc32)[C@H]2OC(C)(C)O[C@H]21.[CH3-].[CH3-].[Zn+2]. The molecule has 6 aromatic heterocycles. The Morgan fingerprint density at radius 1 is 0.433 bits per heavy atom. The van der Waals surface area contributed by atoms with E-state index in [0.29, 0.717) is 51.3 Å². The third kappa shape index (κ3) is 11.3. The van der Waals surface area contributed by atoms with Crippen molar-refractivity contribution in [2.45, 2.75) is 165 Å². The van der Waals surface area contributed by atoms with Crippen molar-refractivity contribution < 1.29 is 77.1 Å². The van der Waals surface area contributed by atoms with Gasteiger partial charge in [-0.3, -0.25) is 0 Å². The van der Waals surface area contributed by atoms with Gasteiger partial charge in [0.15, 0.2) is 30.3 Å². The van der Waals surface area contributed by atoms with Gasteiger partial charge in [0.2, 0.25) is 0 Å². The van der Waals surface area contributed by atoms with Crippen molar-refractivity contribution in [1.82, 2.24) is 43.6 Å². The fraction of sp³-hybridized carbons (Fsp3) is 0.406. The molecule has 5 fully saturated rings. The molecule has 8 aliphatic rings. The van der Waals surface area contributed by atoms with Crippen LogP contribution in [0.3, 0.4) is 0 Å². The molecule has 0 bridgehead atoms. The van der Waals surface area contributed by atoms with Crippen molar-refractivity contribution in [3.05, 3.63) is 190 Å². The van der Waals surface area contributed by atoms with Gasteiger partial charge in [-0.1, -0.05) is 64.6 Å². The predicted molar refractivity (Wildman–Crippen MR) is 328 cm³/mol. The maximum atomic E-state index is 10.7. The number of nitrogens with zero attached hydrogens (tertiary/aromatic N) is 9. The molecular weight excluding hydrogens is 1290 g/mol. The molecule has 468 valence electrons. The number of benzene rings is 3. The van der Waals surface area contributed by atoms with Crippen LogP contribution < -0.4 is 0 Å².